The molecule has 0 atom stereocenters. The summed E-state index contributed by atoms with van der Waals surface area (Å²) in [6, 6.07) is 16.9. The van der Waals surface area contributed by atoms with Crippen molar-refractivity contribution < 1.29 is 13.2 Å². The van der Waals surface area contributed by atoms with Crippen molar-refractivity contribution >= 4 is 17.5 Å². The molecule has 0 amide bonds. The van der Waals surface area contributed by atoms with Gasteiger partial charge in [0.15, 0.2) is 5.69 Å². The number of nitrogens with zero attached hydrogens (tertiary/aromatic N) is 3. The van der Waals surface area contributed by atoms with Crippen molar-refractivity contribution in [2.75, 3.05) is 11.4 Å². The molecule has 2 aliphatic rings. The summed E-state index contributed by atoms with van der Waals surface area (Å²) in [5.74, 6) is 0.169. The Hall–Kier alpha value is -3.02. The second kappa shape index (κ2) is 6.26. The number of fused-ring (bicyclic) bond motifs is 1. The van der Waals surface area contributed by atoms with Gasteiger partial charge in [0.25, 0.3) is 0 Å². The molecule has 0 saturated heterocycles. The van der Waals surface area contributed by atoms with Crippen molar-refractivity contribution in [3.8, 4) is 5.69 Å². The predicted octanol–water partition coefficient (Wildman–Crippen LogP) is 5.93. The van der Waals surface area contributed by atoms with E-state index < -0.39 is 11.9 Å². The fraction of sp³-hybridized carbons (Fsp3) is 0.227. The average molecular weight is 381 g/mol. The molecule has 28 heavy (non-hydrogen) atoms. The first-order valence-electron chi connectivity index (χ1n) is 9.31. The molecular formula is C22H18F3N3. The SMILES string of the molecule is FC(F)(F)c1cc(C2CC2)n(-c2ccc(N3CC=Cc4ccccc43)cc2)n1. The summed E-state index contributed by atoms with van der Waals surface area (Å²) in [5.41, 5.74) is 3.74. The molecule has 1 aliphatic heterocycles. The van der Waals surface area contributed by atoms with Crippen LogP contribution in [0.3, 0.4) is 0 Å². The largest absolute Gasteiger partial charge is 0.435 e. The fourth-order valence-electron chi connectivity index (χ4n) is 3.69. The minimum absolute atomic E-state index is 0.169. The topological polar surface area (TPSA) is 21.1 Å². The molecule has 0 unspecified atom stereocenters. The minimum Gasteiger partial charge on any atom is -0.337 e. The summed E-state index contributed by atoms with van der Waals surface area (Å²) in [5, 5.41) is 3.86. The van der Waals surface area contributed by atoms with Crippen molar-refractivity contribution in [2.45, 2.75) is 24.9 Å². The lowest BCUT2D eigenvalue weighted by Gasteiger charge is -2.28. The van der Waals surface area contributed by atoms with Gasteiger partial charge in [-0.3, -0.25) is 0 Å². The second-order valence-electron chi connectivity index (χ2n) is 7.23. The van der Waals surface area contributed by atoms with Gasteiger partial charge in [0.1, 0.15) is 0 Å². The Labute approximate surface area is 160 Å². The lowest BCUT2D eigenvalue weighted by molar-refractivity contribution is -0.141. The average Bonchev–Trinajstić information content (AvgIpc) is 3.44. The fourth-order valence-corrected chi connectivity index (χ4v) is 3.69. The van der Waals surface area contributed by atoms with Crippen LogP contribution in [0.25, 0.3) is 11.8 Å². The summed E-state index contributed by atoms with van der Waals surface area (Å²) < 4.78 is 40.9. The molecule has 6 heteroatoms. The van der Waals surface area contributed by atoms with Gasteiger partial charge in [-0.25, -0.2) is 4.68 Å². The highest BCUT2D eigenvalue weighted by molar-refractivity contribution is 5.77. The van der Waals surface area contributed by atoms with Gasteiger partial charge >= 0.3 is 6.18 Å². The van der Waals surface area contributed by atoms with Gasteiger partial charge in [0, 0.05) is 29.5 Å². The summed E-state index contributed by atoms with van der Waals surface area (Å²) in [4.78, 5) is 2.19. The van der Waals surface area contributed by atoms with Gasteiger partial charge in [-0.1, -0.05) is 30.4 Å². The lowest BCUT2D eigenvalue weighted by atomic mass is 10.1. The molecule has 0 spiro atoms. The number of hydrogen-bond donors (Lipinski definition) is 0. The smallest absolute Gasteiger partial charge is 0.337 e. The molecule has 142 valence electrons. The highest BCUT2D eigenvalue weighted by Gasteiger charge is 2.38. The van der Waals surface area contributed by atoms with Gasteiger partial charge in [-0.2, -0.15) is 18.3 Å². The predicted molar refractivity (Wildman–Crippen MR) is 103 cm³/mol. The number of alkyl halides is 3. The number of anilines is 2. The van der Waals surface area contributed by atoms with E-state index in [1.54, 1.807) is 0 Å². The number of halogens is 3. The van der Waals surface area contributed by atoms with Crippen molar-refractivity contribution in [3.63, 3.8) is 0 Å². The summed E-state index contributed by atoms with van der Waals surface area (Å²) >= 11 is 0. The molecule has 0 N–H and O–H groups in total. The van der Waals surface area contributed by atoms with Gasteiger partial charge < -0.3 is 4.90 Å². The molecular weight excluding hydrogens is 363 g/mol. The number of benzene rings is 2. The molecule has 1 fully saturated rings. The van der Waals surface area contributed by atoms with Gasteiger partial charge in [-0.15, -0.1) is 0 Å². The van der Waals surface area contributed by atoms with Crippen molar-refractivity contribution in [1.82, 2.24) is 9.78 Å². The lowest BCUT2D eigenvalue weighted by Crippen LogP contribution is -2.20. The molecule has 1 aliphatic carbocycles. The first-order valence-corrected chi connectivity index (χ1v) is 9.31. The highest BCUT2D eigenvalue weighted by atomic mass is 19.4. The minimum atomic E-state index is -4.43. The van der Waals surface area contributed by atoms with E-state index in [9.17, 15) is 13.2 Å². The molecule has 3 aromatic rings. The monoisotopic (exact) mass is 381 g/mol. The van der Waals surface area contributed by atoms with Crippen LogP contribution in [0.1, 0.15) is 35.7 Å². The zero-order valence-corrected chi connectivity index (χ0v) is 15.0. The number of rotatable bonds is 3. The number of hydrogen-bond acceptors (Lipinski definition) is 2. The molecule has 2 aromatic carbocycles. The van der Waals surface area contributed by atoms with Crippen molar-refractivity contribution in [3.05, 3.63) is 77.6 Å². The van der Waals surface area contributed by atoms with E-state index in [0.717, 1.165) is 36.3 Å². The normalized spacial score (nSPS) is 16.3. The van der Waals surface area contributed by atoms with E-state index in [-0.39, 0.29) is 5.92 Å². The Morgan fingerprint density at radius 1 is 0.929 bits per heavy atom. The van der Waals surface area contributed by atoms with E-state index >= 15 is 0 Å². The molecule has 1 saturated carbocycles. The third-order valence-electron chi connectivity index (χ3n) is 5.24. The van der Waals surface area contributed by atoms with Crippen LogP contribution in [-0.4, -0.2) is 16.3 Å². The zero-order valence-electron chi connectivity index (χ0n) is 15.0. The maximum Gasteiger partial charge on any atom is 0.435 e. The van der Waals surface area contributed by atoms with E-state index in [1.165, 1.54) is 10.7 Å². The van der Waals surface area contributed by atoms with Crippen molar-refractivity contribution in [2.24, 2.45) is 0 Å². The van der Waals surface area contributed by atoms with Crippen LogP contribution in [0, 0.1) is 0 Å². The van der Waals surface area contributed by atoms with Crippen LogP contribution in [0.4, 0.5) is 24.5 Å². The Bertz CT molecular complexity index is 1040. The van der Waals surface area contributed by atoms with Gasteiger partial charge in [0.2, 0.25) is 0 Å². The molecule has 2 heterocycles. The third-order valence-corrected chi connectivity index (χ3v) is 5.24. The quantitative estimate of drug-likeness (QED) is 0.560. The maximum atomic E-state index is 13.1. The van der Waals surface area contributed by atoms with Crippen LogP contribution in [0.5, 0.6) is 0 Å². The summed E-state index contributed by atoms with van der Waals surface area (Å²) in [7, 11) is 0. The number of para-hydroxylation sites is 1. The van der Waals surface area contributed by atoms with E-state index in [4.69, 9.17) is 0 Å². The Morgan fingerprint density at radius 2 is 1.64 bits per heavy atom. The molecule has 0 radical (unpaired) electrons. The highest BCUT2D eigenvalue weighted by Crippen LogP contribution is 2.43. The Morgan fingerprint density at radius 3 is 2.36 bits per heavy atom. The molecule has 3 nitrogen and oxygen atoms in total. The Balaban J connectivity index is 1.50. The van der Waals surface area contributed by atoms with Crippen molar-refractivity contribution in [1.29, 1.82) is 0 Å². The van der Waals surface area contributed by atoms with Crippen LogP contribution >= 0.6 is 0 Å². The standard InChI is InChI=1S/C22H18F3N3/c23-22(24,25)21-14-20(16-7-8-16)28(26-21)18-11-9-17(10-12-18)27-13-3-5-15-4-1-2-6-19(15)27/h1-6,9-12,14,16H,7-8,13H2. The molecule has 1 aromatic heterocycles. The van der Waals surface area contributed by atoms with Crippen LogP contribution in [-0.2, 0) is 6.18 Å². The second-order valence-corrected chi connectivity index (χ2v) is 7.23. The molecule has 0 bridgehead atoms. The van der Waals surface area contributed by atoms with E-state index in [0.29, 0.717) is 11.4 Å². The first-order chi connectivity index (χ1) is 13.5. The summed E-state index contributed by atoms with van der Waals surface area (Å²) in [6.07, 6.45) is 1.60. The van der Waals surface area contributed by atoms with Gasteiger partial charge in [-0.05, 0) is 54.8 Å². The molecule has 5 rings (SSSR count). The van der Waals surface area contributed by atoms with Crippen LogP contribution in [0.15, 0.2) is 60.7 Å². The third kappa shape index (κ3) is 2.99. The maximum absolute atomic E-state index is 13.1. The van der Waals surface area contributed by atoms with Crippen LogP contribution in [0.2, 0.25) is 0 Å². The van der Waals surface area contributed by atoms with E-state index in [2.05, 4.69) is 34.3 Å². The first kappa shape index (κ1) is 17.1. The van der Waals surface area contributed by atoms with Crippen LogP contribution < -0.4 is 4.90 Å². The Kier molecular flexibility index (Phi) is 3.82. The van der Waals surface area contributed by atoms with Gasteiger partial charge in [0.05, 0.1) is 5.69 Å². The van der Waals surface area contributed by atoms with E-state index in [1.807, 2.05) is 36.4 Å². The zero-order chi connectivity index (χ0) is 19.3. The summed E-state index contributed by atoms with van der Waals surface area (Å²) in [6.45, 7) is 0.754. The number of aromatic nitrogens is 2.